The van der Waals surface area contributed by atoms with Crippen molar-refractivity contribution in [3.8, 4) is 0 Å². The maximum Gasteiger partial charge on any atom is 0.0392 e. The van der Waals surface area contributed by atoms with Crippen molar-refractivity contribution in [1.29, 1.82) is 0 Å². The molecular formula is C9H16S2. The van der Waals surface area contributed by atoms with Crippen LogP contribution in [0.2, 0.25) is 0 Å². The van der Waals surface area contributed by atoms with Crippen LogP contribution in [-0.2, 0) is 0 Å². The molecule has 0 aromatic carbocycles. The Morgan fingerprint density at radius 3 is 1.73 bits per heavy atom. The first-order valence-corrected chi connectivity index (χ1v) is 6.10. The fraction of sp³-hybridized carbons (Fsp3) is 0.556. The van der Waals surface area contributed by atoms with Crippen LogP contribution < -0.4 is 0 Å². The van der Waals surface area contributed by atoms with Crippen LogP contribution in [-0.4, -0.2) is 16.6 Å². The zero-order valence-electron chi connectivity index (χ0n) is 6.92. The molecule has 0 saturated carbocycles. The lowest BCUT2D eigenvalue weighted by Gasteiger charge is -1.97. The number of rotatable bonds is 8. The second-order valence-electron chi connectivity index (χ2n) is 2.09. The Kier molecular flexibility index (Phi) is 10.3. The maximum absolute atomic E-state index is 3.67. The molecule has 0 bridgehead atoms. The van der Waals surface area contributed by atoms with Crippen LogP contribution in [0.25, 0.3) is 0 Å². The molecule has 0 N–H and O–H groups in total. The summed E-state index contributed by atoms with van der Waals surface area (Å²) in [5, 5.41) is 1.21. The van der Waals surface area contributed by atoms with E-state index in [9.17, 15) is 0 Å². The van der Waals surface area contributed by atoms with Gasteiger partial charge >= 0.3 is 0 Å². The van der Waals surface area contributed by atoms with E-state index in [4.69, 9.17) is 0 Å². The van der Waals surface area contributed by atoms with E-state index in [-0.39, 0.29) is 0 Å². The van der Waals surface area contributed by atoms with Crippen LogP contribution in [0.4, 0.5) is 0 Å². The largest absolute Gasteiger partial charge is 0.151 e. The summed E-state index contributed by atoms with van der Waals surface area (Å²) in [4.78, 5) is 0. The molecule has 0 aliphatic carbocycles. The Bertz CT molecular complexity index is 87.7. The molecule has 0 aliphatic heterocycles. The topological polar surface area (TPSA) is 0 Å². The summed E-state index contributed by atoms with van der Waals surface area (Å²) in [5.74, 6) is 2.43. The third kappa shape index (κ3) is 10.2. The van der Waals surface area contributed by atoms with E-state index >= 15 is 0 Å². The third-order valence-electron chi connectivity index (χ3n) is 1.10. The summed E-state index contributed by atoms with van der Waals surface area (Å²) < 4.78 is 0. The van der Waals surface area contributed by atoms with Crippen molar-refractivity contribution in [2.75, 3.05) is 16.6 Å². The van der Waals surface area contributed by atoms with Crippen LogP contribution in [0.5, 0.6) is 0 Å². The Balaban J connectivity index is 2.79. The first kappa shape index (κ1) is 11.2. The molecule has 0 aromatic heterocycles. The monoisotopic (exact) mass is 188 g/mol. The Morgan fingerprint density at radius 2 is 1.36 bits per heavy atom. The van der Waals surface area contributed by atoms with Crippen LogP contribution >= 0.6 is 23.5 Å². The van der Waals surface area contributed by atoms with Crippen molar-refractivity contribution in [3.05, 3.63) is 25.3 Å². The molecule has 0 saturated heterocycles. The Labute approximate surface area is 78.5 Å². The van der Waals surface area contributed by atoms with Gasteiger partial charge in [-0.15, -0.1) is 13.2 Å². The molecule has 0 spiro atoms. The van der Waals surface area contributed by atoms with Gasteiger partial charge in [-0.05, 0) is 24.3 Å². The predicted octanol–water partition coefficient (Wildman–Crippen LogP) is 3.56. The van der Waals surface area contributed by atoms with Crippen LogP contribution in [0.15, 0.2) is 25.3 Å². The van der Waals surface area contributed by atoms with Crippen molar-refractivity contribution in [3.63, 3.8) is 0 Å². The van der Waals surface area contributed by atoms with Gasteiger partial charge in [0, 0.05) is 5.08 Å². The van der Waals surface area contributed by atoms with Gasteiger partial charge in [-0.3, -0.25) is 0 Å². The molecule has 0 radical (unpaired) electrons. The van der Waals surface area contributed by atoms with Gasteiger partial charge in [-0.2, -0.15) is 23.5 Å². The predicted molar refractivity (Wildman–Crippen MR) is 59.4 cm³/mol. The van der Waals surface area contributed by atoms with Gasteiger partial charge < -0.3 is 0 Å². The van der Waals surface area contributed by atoms with Crippen molar-refractivity contribution >= 4 is 23.5 Å². The van der Waals surface area contributed by atoms with Gasteiger partial charge in [-0.25, -0.2) is 0 Å². The molecule has 0 heterocycles. The summed E-state index contributed by atoms with van der Waals surface area (Å²) in [7, 11) is 0. The first-order valence-electron chi connectivity index (χ1n) is 3.79. The lowest BCUT2D eigenvalue weighted by atomic mass is 10.5. The molecule has 0 nitrogen and oxygen atoms in total. The Hall–Kier alpha value is 0.180. The van der Waals surface area contributed by atoms with Gasteiger partial charge in [0.25, 0.3) is 0 Å². The fourth-order valence-electron chi connectivity index (χ4n) is 0.510. The van der Waals surface area contributed by atoms with Crippen LogP contribution in [0.1, 0.15) is 12.8 Å². The SMILES string of the molecule is C=CCCSCSCCC=C. The minimum atomic E-state index is 1.13. The average molecular weight is 188 g/mol. The number of thioether (sulfide) groups is 2. The third-order valence-corrected chi connectivity index (χ3v) is 3.48. The van der Waals surface area contributed by atoms with Crippen LogP contribution in [0, 0.1) is 0 Å². The van der Waals surface area contributed by atoms with E-state index < -0.39 is 0 Å². The van der Waals surface area contributed by atoms with E-state index in [2.05, 4.69) is 13.2 Å². The van der Waals surface area contributed by atoms with Crippen molar-refractivity contribution < 1.29 is 0 Å². The maximum atomic E-state index is 3.67. The van der Waals surface area contributed by atoms with E-state index in [1.54, 1.807) is 0 Å². The van der Waals surface area contributed by atoms with E-state index in [1.165, 1.54) is 16.6 Å². The zero-order chi connectivity index (χ0) is 8.36. The second-order valence-corrected chi connectivity index (χ2v) is 4.66. The van der Waals surface area contributed by atoms with Gasteiger partial charge in [0.05, 0.1) is 0 Å². The Morgan fingerprint density at radius 1 is 0.909 bits per heavy atom. The highest BCUT2D eigenvalue weighted by Gasteiger charge is 1.87. The van der Waals surface area contributed by atoms with Crippen molar-refractivity contribution in [2.24, 2.45) is 0 Å². The summed E-state index contributed by atoms with van der Waals surface area (Å²) in [6.45, 7) is 7.35. The van der Waals surface area contributed by atoms with Gasteiger partial charge in [0.15, 0.2) is 0 Å². The highest BCUT2D eigenvalue weighted by molar-refractivity contribution is 8.15. The molecule has 0 unspecified atom stereocenters. The standard InChI is InChI=1S/C9H16S2/c1-3-5-7-10-9-11-8-6-4-2/h3-4H,1-2,5-9H2. The van der Waals surface area contributed by atoms with E-state index in [0.717, 1.165) is 12.8 Å². The molecule has 2 heteroatoms. The molecule has 0 aliphatic rings. The molecule has 0 fully saturated rings. The molecular weight excluding hydrogens is 172 g/mol. The van der Waals surface area contributed by atoms with E-state index in [0.29, 0.717) is 0 Å². The number of hydrogen-bond donors (Lipinski definition) is 0. The number of hydrogen-bond acceptors (Lipinski definition) is 2. The van der Waals surface area contributed by atoms with E-state index in [1.807, 2.05) is 35.7 Å². The van der Waals surface area contributed by atoms with Gasteiger partial charge in [-0.1, -0.05) is 12.2 Å². The normalized spacial score (nSPS) is 9.45. The summed E-state index contributed by atoms with van der Waals surface area (Å²) >= 11 is 3.97. The average Bonchev–Trinajstić information content (AvgIpc) is 2.03. The quantitative estimate of drug-likeness (QED) is 0.324. The zero-order valence-corrected chi connectivity index (χ0v) is 8.55. The molecule has 0 amide bonds. The molecule has 11 heavy (non-hydrogen) atoms. The van der Waals surface area contributed by atoms with Gasteiger partial charge in [0.2, 0.25) is 0 Å². The molecule has 0 atom stereocenters. The lowest BCUT2D eigenvalue weighted by molar-refractivity contribution is 1.25. The lowest BCUT2D eigenvalue weighted by Crippen LogP contribution is -1.79. The van der Waals surface area contributed by atoms with Crippen LogP contribution in [0.3, 0.4) is 0 Å². The second kappa shape index (κ2) is 10.2. The minimum absolute atomic E-state index is 1.13. The summed E-state index contributed by atoms with van der Waals surface area (Å²) in [6, 6.07) is 0. The fourth-order valence-corrected chi connectivity index (χ4v) is 2.59. The molecule has 0 rings (SSSR count). The summed E-state index contributed by atoms with van der Waals surface area (Å²) in [6.07, 6.45) is 6.21. The molecule has 64 valence electrons. The summed E-state index contributed by atoms with van der Waals surface area (Å²) in [5.41, 5.74) is 0. The highest BCUT2D eigenvalue weighted by Crippen LogP contribution is 2.13. The smallest absolute Gasteiger partial charge is 0.0392 e. The number of allylic oxidation sites excluding steroid dienone is 2. The first-order chi connectivity index (χ1) is 5.41. The van der Waals surface area contributed by atoms with Gasteiger partial charge in [0.1, 0.15) is 0 Å². The van der Waals surface area contributed by atoms with Crippen molar-refractivity contribution in [2.45, 2.75) is 12.8 Å². The highest BCUT2D eigenvalue weighted by atomic mass is 32.2. The molecule has 0 aromatic rings. The van der Waals surface area contributed by atoms with Crippen molar-refractivity contribution in [1.82, 2.24) is 0 Å². The minimum Gasteiger partial charge on any atom is -0.151 e.